The van der Waals surface area contributed by atoms with Gasteiger partial charge in [0.1, 0.15) is 0 Å². The SMILES string of the molecule is Clc1cccc2ccccc12.[MgH2]. The average Bonchev–Trinajstić information content (AvgIpc) is 2.06. The van der Waals surface area contributed by atoms with Crippen molar-refractivity contribution in [1.29, 1.82) is 0 Å². The first kappa shape index (κ1) is 9.84. The highest BCUT2D eigenvalue weighted by Crippen LogP contribution is 2.21. The smallest absolute Gasteiger partial charge is 0.0837 e. The Morgan fingerprint density at radius 3 is 2.25 bits per heavy atom. The molecule has 0 nitrogen and oxygen atoms in total. The van der Waals surface area contributed by atoms with Gasteiger partial charge in [0.25, 0.3) is 0 Å². The highest BCUT2D eigenvalue weighted by atomic mass is 35.5. The molecule has 2 aromatic carbocycles. The van der Waals surface area contributed by atoms with Gasteiger partial charge in [0.15, 0.2) is 0 Å². The molecule has 0 bridgehead atoms. The van der Waals surface area contributed by atoms with Crippen LogP contribution in [-0.4, -0.2) is 23.1 Å². The topological polar surface area (TPSA) is 0 Å². The van der Waals surface area contributed by atoms with Crippen molar-refractivity contribution in [2.24, 2.45) is 0 Å². The Hall–Kier alpha value is -0.244. The van der Waals surface area contributed by atoms with Crippen LogP contribution in [0.5, 0.6) is 0 Å². The molecule has 2 heteroatoms. The Balaban J connectivity index is 0.000000720. The highest BCUT2D eigenvalue weighted by Gasteiger charge is 1.93. The fourth-order valence-electron chi connectivity index (χ4n) is 1.19. The maximum Gasteiger partial charge on any atom is 0.316 e. The lowest BCUT2D eigenvalue weighted by Gasteiger charge is -1.97. The van der Waals surface area contributed by atoms with Crippen LogP contribution in [0.3, 0.4) is 0 Å². The standard InChI is InChI=1S/C10H7Cl.Mg.2H/c11-10-7-3-5-8-4-1-2-6-9(8)10;;;/h1-7H;;;. The molecule has 0 atom stereocenters. The summed E-state index contributed by atoms with van der Waals surface area (Å²) in [5.74, 6) is 0. The fourth-order valence-corrected chi connectivity index (χ4v) is 1.43. The monoisotopic (exact) mass is 188 g/mol. The predicted molar refractivity (Wildman–Crippen MR) is 57.5 cm³/mol. The van der Waals surface area contributed by atoms with Gasteiger partial charge in [0.2, 0.25) is 0 Å². The molecule has 12 heavy (non-hydrogen) atoms. The van der Waals surface area contributed by atoms with E-state index in [1.165, 1.54) is 5.39 Å². The molecule has 0 heterocycles. The van der Waals surface area contributed by atoms with Crippen LogP contribution in [0.1, 0.15) is 0 Å². The average molecular weight is 189 g/mol. The van der Waals surface area contributed by atoms with E-state index in [1.807, 2.05) is 30.3 Å². The van der Waals surface area contributed by atoms with Crippen LogP contribution < -0.4 is 0 Å². The van der Waals surface area contributed by atoms with Crippen molar-refractivity contribution in [1.82, 2.24) is 0 Å². The number of rotatable bonds is 0. The summed E-state index contributed by atoms with van der Waals surface area (Å²) < 4.78 is 0. The number of hydrogen-bond donors (Lipinski definition) is 0. The maximum atomic E-state index is 5.96. The molecule has 0 saturated heterocycles. The Morgan fingerprint density at radius 2 is 1.50 bits per heavy atom. The summed E-state index contributed by atoms with van der Waals surface area (Å²) in [5.41, 5.74) is 0. The molecular weight excluding hydrogens is 180 g/mol. The third-order valence-corrected chi connectivity index (χ3v) is 2.07. The van der Waals surface area contributed by atoms with Crippen molar-refractivity contribution in [3.05, 3.63) is 47.5 Å². The molecule has 0 amide bonds. The van der Waals surface area contributed by atoms with Crippen LogP contribution in [0.2, 0.25) is 5.02 Å². The number of fused-ring (bicyclic) bond motifs is 1. The molecule has 0 aliphatic carbocycles. The maximum absolute atomic E-state index is 5.96. The Bertz CT molecular complexity index is 379. The van der Waals surface area contributed by atoms with Gasteiger partial charge in [0.05, 0.1) is 0 Å². The van der Waals surface area contributed by atoms with Crippen molar-refractivity contribution >= 4 is 45.4 Å². The largest absolute Gasteiger partial charge is 0.316 e. The molecule has 0 N–H and O–H groups in total. The number of halogens is 1. The lowest BCUT2D eigenvalue weighted by atomic mass is 10.1. The first-order chi connectivity index (χ1) is 5.38. The third kappa shape index (κ3) is 1.74. The molecule has 0 aliphatic rings. The molecule has 0 fully saturated rings. The van der Waals surface area contributed by atoms with E-state index in [2.05, 4.69) is 12.1 Å². The lowest BCUT2D eigenvalue weighted by Crippen LogP contribution is -1.70. The van der Waals surface area contributed by atoms with Crippen molar-refractivity contribution in [3.8, 4) is 0 Å². The van der Waals surface area contributed by atoms with Crippen LogP contribution in [-0.2, 0) is 0 Å². The quantitative estimate of drug-likeness (QED) is 0.558. The van der Waals surface area contributed by atoms with Crippen LogP contribution >= 0.6 is 11.6 Å². The van der Waals surface area contributed by atoms with E-state index in [-0.39, 0.29) is 23.1 Å². The van der Waals surface area contributed by atoms with Gasteiger partial charge in [-0.25, -0.2) is 0 Å². The van der Waals surface area contributed by atoms with Gasteiger partial charge in [-0.05, 0) is 11.5 Å². The minimum atomic E-state index is 0. The summed E-state index contributed by atoms with van der Waals surface area (Å²) >= 11 is 5.96. The minimum absolute atomic E-state index is 0. The Morgan fingerprint density at radius 1 is 0.833 bits per heavy atom. The molecule has 0 radical (unpaired) electrons. The highest BCUT2D eigenvalue weighted by molar-refractivity contribution is 6.35. The van der Waals surface area contributed by atoms with Crippen LogP contribution in [0.25, 0.3) is 10.8 Å². The molecule has 0 aromatic heterocycles. The summed E-state index contributed by atoms with van der Waals surface area (Å²) in [6.45, 7) is 0. The minimum Gasteiger partial charge on any atom is -0.0837 e. The van der Waals surface area contributed by atoms with Gasteiger partial charge < -0.3 is 0 Å². The molecule has 0 spiro atoms. The summed E-state index contributed by atoms with van der Waals surface area (Å²) in [6.07, 6.45) is 0. The van der Waals surface area contributed by atoms with E-state index in [4.69, 9.17) is 11.6 Å². The van der Waals surface area contributed by atoms with E-state index in [0.29, 0.717) is 0 Å². The molecule has 2 rings (SSSR count). The first-order valence-corrected chi connectivity index (χ1v) is 3.89. The third-order valence-electron chi connectivity index (χ3n) is 1.74. The van der Waals surface area contributed by atoms with E-state index in [1.54, 1.807) is 0 Å². The summed E-state index contributed by atoms with van der Waals surface area (Å²) in [7, 11) is 0. The molecule has 58 valence electrons. The van der Waals surface area contributed by atoms with Crippen molar-refractivity contribution < 1.29 is 0 Å². The van der Waals surface area contributed by atoms with Crippen LogP contribution in [0.4, 0.5) is 0 Å². The zero-order valence-electron chi connectivity index (χ0n) is 5.92. The Labute approximate surface area is 92.7 Å². The van der Waals surface area contributed by atoms with Gasteiger partial charge in [-0.1, -0.05) is 48.0 Å². The van der Waals surface area contributed by atoms with Crippen molar-refractivity contribution in [2.45, 2.75) is 0 Å². The van der Waals surface area contributed by atoms with E-state index < -0.39 is 0 Å². The molecular formula is C10H9ClMg. The Kier molecular flexibility index (Phi) is 3.38. The van der Waals surface area contributed by atoms with E-state index in [9.17, 15) is 0 Å². The number of benzene rings is 2. The second kappa shape index (κ2) is 4.12. The molecule has 0 aliphatic heterocycles. The zero-order chi connectivity index (χ0) is 7.68. The summed E-state index contributed by atoms with van der Waals surface area (Å²) in [4.78, 5) is 0. The normalized spacial score (nSPS) is 9.42. The number of hydrogen-bond acceptors (Lipinski definition) is 0. The second-order valence-corrected chi connectivity index (χ2v) is 2.87. The van der Waals surface area contributed by atoms with E-state index in [0.717, 1.165) is 10.4 Å². The van der Waals surface area contributed by atoms with Crippen molar-refractivity contribution in [3.63, 3.8) is 0 Å². The second-order valence-electron chi connectivity index (χ2n) is 2.46. The van der Waals surface area contributed by atoms with Gasteiger partial charge in [0, 0.05) is 10.4 Å². The summed E-state index contributed by atoms with van der Waals surface area (Å²) in [6, 6.07) is 14.0. The van der Waals surface area contributed by atoms with Crippen LogP contribution in [0, 0.1) is 0 Å². The zero-order valence-corrected chi connectivity index (χ0v) is 6.68. The van der Waals surface area contributed by atoms with Crippen LogP contribution in [0.15, 0.2) is 42.5 Å². The van der Waals surface area contributed by atoms with E-state index >= 15 is 0 Å². The molecule has 2 aromatic rings. The van der Waals surface area contributed by atoms with Gasteiger partial charge in [-0.3, -0.25) is 0 Å². The predicted octanol–water partition coefficient (Wildman–Crippen LogP) is 2.58. The molecule has 0 unspecified atom stereocenters. The van der Waals surface area contributed by atoms with Crippen molar-refractivity contribution in [2.75, 3.05) is 0 Å². The fraction of sp³-hybridized carbons (Fsp3) is 0. The van der Waals surface area contributed by atoms with Gasteiger partial charge >= 0.3 is 23.1 Å². The van der Waals surface area contributed by atoms with Gasteiger partial charge in [-0.15, -0.1) is 0 Å². The lowest BCUT2D eigenvalue weighted by molar-refractivity contribution is 1.75. The summed E-state index contributed by atoms with van der Waals surface area (Å²) in [5, 5.41) is 3.14. The molecule has 0 saturated carbocycles. The first-order valence-electron chi connectivity index (χ1n) is 3.51. The van der Waals surface area contributed by atoms with Gasteiger partial charge in [-0.2, -0.15) is 0 Å².